The fourth-order valence-electron chi connectivity index (χ4n) is 2.20. The highest BCUT2D eigenvalue weighted by molar-refractivity contribution is 5.79. The van der Waals surface area contributed by atoms with E-state index >= 15 is 0 Å². The first-order valence-corrected chi connectivity index (χ1v) is 5.43. The van der Waals surface area contributed by atoms with Crippen molar-refractivity contribution in [2.75, 3.05) is 13.1 Å². The molecule has 1 saturated heterocycles. The van der Waals surface area contributed by atoms with Crippen LogP contribution >= 0.6 is 0 Å². The minimum atomic E-state index is 0.130. The first-order valence-electron chi connectivity index (χ1n) is 5.43. The average Bonchev–Trinajstić information content (AvgIpc) is 2.43. The first kappa shape index (κ1) is 9.93. The second kappa shape index (κ2) is 3.51. The minimum absolute atomic E-state index is 0.130. The molecule has 0 radical (unpaired) electrons. The van der Waals surface area contributed by atoms with Gasteiger partial charge in [0.15, 0.2) is 0 Å². The summed E-state index contributed by atoms with van der Waals surface area (Å²) in [6.07, 6.45) is 4.23. The van der Waals surface area contributed by atoms with Crippen LogP contribution in [0.2, 0.25) is 0 Å². The molecule has 1 saturated carbocycles. The number of carbonyl (C=O) groups is 1. The Morgan fingerprint density at radius 1 is 1.64 bits per heavy atom. The molecule has 0 aromatic rings. The van der Waals surface area contributed by atoms with Gasteiger partial charge in [0.05, 0.1) is 0 Å². The second-order valence-corrected chi connectivity index (χ2v) is 4.77. The van der Waals surface area contributed by atoms with Crippen molar-refractivity contribution >= 4 is 5.91 Å². The van der Waals surface area contributed by atoms with Gasteiger partial charge in [-0.25, -0.2) is 5.43 Å². The summed E-state index contributed by atoms with van der Waals surface area (Å²) in [5.41, 5.74) is 9.02. The molecule has 2 fully saturated rings. The maximum Gasteiger partial charge on any atom is 0.238 e. The first-order chi connectivity index (χ1) is 6.65. The van der Waals surface area contributed by atoms with Gasteiger partial charge in [0.1, 0.15) is 0 Å². The van der Waals surface area contributed by atoms with Crippen LogP contribution in [-0.2, 0) is 4.79 Å². The molecular weight excluding hydrogens is 178 g/mol. The summed E-state index contributed by atoms with van der Waals surface area (Å²) in [6, 6.07) is 0. The van der Waals surface area contributed by atoms with Crippen molar-refractivity contribution in [2.24, 2.45) is 11.7 Å². The number of nitrogens with zero attached hydrogens (tertiary/aromatic N) is 1. The number of hydrazine groups is 1. The van der Waals surface area contributed by atoms with Gasteiger partial charge in [-0.2, -0.15) is 0 Å². The standard InChI is InChI=1S/C10H19N3O/c1-8(6-11)7-13-9(14)5-10(12-13)3-2-4-10/h8,12H,2-7,11H2,1H3. The van der Waals surface area contributed by atoms with Crippen molar-refractivity contribution in [1.82, 2.24) is 10.4 Å². The third-order valence-electron chi connectivity index (χ3n) is 3.37. The number of carbonyl (C=O) groups excluding carboxylic acids is 1. The number of amides is 1. The molecule has 2 rings (SSSR count). The van der Waals surface area contributed by atoms with Crippen LogP contribution in [-0.4, -0.2) is 29.5 Å². The van der Waals surface area contributed by atoms with E-state index in [0.29, 0.717) is 18.9 Å². The van der Waals surface area contributed by atoms with Crippen LogP contribution in [0.5, 0.6) is 0 Å². The maximum absolute atomic E-state index is 11.7. The van der Waals surface area contributed by atoms with Crippen molar-refractivity contribution in [3.63, 3.8) is 0 Å². The topological polar surface area (TPSA) is 58.4 Å². The van der Waals surface area contributed by atoms with Crippen LogP contribution < -0.4 is 11.2 Å². The summed E-state index contributed by atoms with van der Waals surface area (Å²) < 4.78 is 0. The molecule has 0 bridgehead atoms. The van der Waals surface area contributed by atoms with Gasteiger partial charge in [0.2, 0.25) is 5.91 Å². The van der Waals surface area contributed by atoms with Gasteiger partial charge < -0.3 is 5.73 Å². The van der Waals surface area contributed by atoms with E-state index in [-0.39, 0.29) is 11.4 Å². The average molecular weight is 197 g/mol. The molecule has 4 nitrogen and oxygen atoms in total. The molecule has 1 spiro atoms. The molecule has 3 N–H and O–H groups in total. The summed E-state index contributed by atoms with van der Waals surface area (Å²) >= 11 is 0. The molecule has 2 aliphatic rings. The quantitative estimate of drug-likeness (QED) is 0.681. The summed E-state index contributed by atoms with van der Waals surface area (Å²) in [5, 5.41) is 1.77. The van der Waals surface area contributed by atoms with Crippen LogP contribution in [0.1, 0.15) is 32.6 Å². The minimum Gasteiger partial charge on any atom is -0.330 e. The lowest BCUT2D eigenvalue weighted by atomic mass is 9.76. The normalized spacial score (nSPS) is 26.7. The van der Waals surface area contributed by atoms with Crippen LogP contribution in [0.4, 0.5) is 0 Å². The van der Waals surface area contributed by atoms with E-state index in [0.717, 1.165) is 19.4 Å². The number of nitrogens with two attached hydrogens (primary N) is 1. The Morgan fingerprint density at radius 3 is 2.79 bits per heavy atom. The molecule has 0 aromatic heterocycles. The zero-order valence-electron chi connectivity index (χ0n) is 8.75. The molecular formula is C10H19N3O. The monoisotopic (exact) mass is 197 g/mol. The Labute approximate surface area is 84.8 Å². The van der Waals surface area contributed by atoms with E-state index in [1.807, 2.05) is 0 Å². The predicted molar refractivity (Wildman–Crippen MR) is 54.3 cm³/mol. The van der Waals surface area contributed by atoms with Gasteiger partial charge in [0.25, 0.3) is 0 Å². The summed E-state index contributed by atoms with van der Waals surface area (Å²) in [5.74, 6) is 0.617. The number of rotatable bonds is 3. The van der Waals surface area contributed by atoms with E-state index in [1.165, 1.54) is 6.42 Å². The maximum atomic E-state index is 11.7. The third-order valence-corrected chi connectivity index (χ3v) is 3.37. The Bertz CT molecular complexity index is 238. The largest absolute Gasteiger partial charge is 0.330 e. The number of hydrogen-bond acceptors (Lipinski definition) is 3. The van der Waals surface area contributed by atoms with Gasteiger partial charge in [-0.3, -0.25) is 9.80 Å². The SMILES string of the molecule is CC(CN)CN1NC2(CCC2)CC1=O. The lowest BCUT2D eigenvalue weighted by Gasteiger charge is -2.38. The summed E-state index contributed by atoms with van der Waals surface area (Å²) in [6.45, 7) is 3.45. The van der Waals surface area contributed by atoms with E-state index in [1.54, 1.807) is 5.01 Å². The van der Waals surface area contributed by atoms with Crippen LogP contribution in [0.3, 0.4) is 0 Å². The van der Waals surface area contributed by atoms with Crippen LogP contribution in [0.25, 0.3) is 0 Å². The zero-order valence-corrected chi connectivity index (χ0v) is 8.75. The van der Waals surface area contributed by atoms with Gasteiger partial charge in [-0.05, 0) is 31.7 Å². The molecule has 1 amide bonds. The smallest absolute Gasteiger partial charge is 0.238 e. The highest BCUT2D eigenvalue weighted by Crippen LogP contribution is 2.38. The third kappa shape index (κ3) is 1.64. The fourth-order valence-corrected chi connectivity index (χ4v) is 2.20. The van der Waals surface area contributed by atoms with Crippen molar-refractivity contribution in [1.29, 1.82) is 0 Å². The Morgan fingerprint density at radius 2 is 2.36 bits per heavy atom. The summed E-state index contributed by atoms with van der Waals surface area (Å²) in [7, 11) is 0. The lowest BCUT2D eigenvalue weighted by Crippen LogP contribution is -2.51. The van der Waals surface area contributed by atoms with E-state index in [9.17, 15) is 4.79 Å². The van der Waals surface area contributed by atoms with E-state index < -0.39 is 0 Å². The molecule has 1 heterocycles. The van der Waals surface area contributed by atoms with Gasteiger partial charge in [-0.1, -0.05) is 6.92 Å². The highest BCUT2D eigenvalue weighted by atomic mass is 16.2. The van der Waals surface area contributed by atoms with Crippen LogP contribution in [0.15, 0.2) is 0 Å². The zero-order chi connectivity index (χ0) is 10.2. The molecule has 1 aliphatic carbocycles. The Kier molecular flexibility index (Phi) is 2.49. The number of hydrogen-bond donors (Lipinski definition) is 2. The molecule has 1 aliphatic heterocycles. The van der Waals surface area contributed by atoms with E-state index in [4.69, 9.17) is 5.73 Å². The number of nitrogens with one attached hydrogen (secondary N) is 1. The van der Waals surface area contributed by atoms with Crippen molar-refractivity contribution in [3.05, 3.63) is 0 Å². The van der Waals surface area contributed by atoms with Gasteiger partial charge in [-0.15, -0.1) is 0 Å². The predicted octanol–water partition coefficient (Wildman–Crippen LogP) is 0.241. The lowest BCUT2D eigenvalue weighted by molar-refractivity contribution is -0.130. The molecule has 0 aromatic carbocycles. The van der Waals surface area contributed by atoms with Crippen LogP contribution in [0, 0.1) is 5.92 Å². The van der Waals surface area contributed by atoms with Gasteiger partial charge in [0, 0.05) is 18.5 Å². The van der Waals surface area contributed by atoms with Crippen molar-refractivity contribution in [2.45, 2.75) is 38.1 Å². The summed E-state index contributed by atoms with van der Waals surface area (Å²) in [4.78, 5) is 11.7. The van der Waals surface area contributed by atoms with Crippen molar-refractivity contribution < 1.29 is 4.79 Å². The molecule has 80 valence electrons. The molecule has 4 heteroatoms. The Balaban J connectivity index is 1.91. The Hall–Kier alpha value is -0.610. The highest BCUT2D eigenvalue weighted by Gasteiger charge is 2.46. The fraction of sp³-hybridized carbons (Fsp3) is 0.900. The van der Waals surface area contributed by atoms with E-state index in [2.05, 4.69) is 12.3 Å². The second-order valence-electron chi connectivity index (χ2n) is 4.77. The molecule has 1 atom stereocenters. The molecule has 1 unspecified atom stereocenters. The molecule has 14 heavy (non-hydrogen) atoms. The van der Waals surface area contributed by atoms with Crippen molar-refractivity contribution in [3.8, 4) is 0 Å². The van der Waals surface area contributed by atoms with Gasteiger partial charge >= 0.3 is 0 Å².